The van der Waals surface area contributed by atoms with Crippen LogP contribution in [-0.4, -0.2) is 15.7 Å². The molecule has 0 saturated carbocycles. The van der Waals surface area contributed by atoms with Crippen molar-refractivity contribution in [2.45, 2.75) is 26.7 Å². The first-order valence-electron chi connectivity index (χ1n) is 5.88. The Balaban J connectivity index is 2.05. The maximum absolute atomic E-state index is 13.4. The lowest BCUT2D eigenvalue weighted by Gasteiger charge is -2.04. The third-order valence-corrected chi connectivity index (χ3v) is 2.81. The Hall–Kier alpha value is -1.97. The Morgan fingerprint density at radius 3 is 2.67 bits per heavy atom. The van der Waals surface area contributed by atoms with Crippen molar-refractivity contribution in [3.63, 3.8) is 0 Å². The van der Waals surface area contributed by atoms with Crippen molar-refractivity contribution >= 4 is 5.91 Å². The normalized spacial score (nSPS) is 10.6. The average Bonchev–Trinajstić information content (AvgIpc) is 2.67. The minimum Gasteiger partial charge on any atom is -0.273 e. The first-order chi connectivity index (χ1) is 8.58. The fraction of sp³-hybridized carbons (Fsp3) is 0.286. The second-order valence-electron chi connectivity index (χ2n) is 4.32. The molecule has 0 spiro atoms. The van der Waals surface area contributed by atoms with Gasteiger partial charge in [0.15, 0.2) is 0 Å². The van der Waals surface area contributed by atoms with E-state index in [2.05, 4.69) is 5.10 Å². The van der Waals surface area contributed by atoms with Gasteiger partial charge in [-0.15, -0.1) is 0 Å². The van der Waals surface area contributed by atoms with Gasteiger partial charge in [-0.05, 0) is 38.0 Å². The number of benzene rings is 1. The van der Waals surface area contributed by atoms with Crippen molar-refractivity contribution in [2.24, 2.45) is 0 Å². The monoisotopic (exact) mass is 246 g/mol. The van der Waals surface area contributed by atoms with Crippen LogP contribution < -0.4 is 0 Å². The van der Waals surface area contributed by atoms with E-state index in [0.29, 0.717) is 12.0 Å². The zero-order valence-corrected chi connectivity index (χ0v) is 10.5. The van der Waals surface area contributed by atoms with Crippen LogP contribution in [0.25, 0.3) is 0 Å². The van der Waals surface area contributed by atoms with Crippen molar-refractivity contribution < 1.29 is 9.18 Å². The lowest BCUT2D eigenvalue weighted by Crippen LogP contribution is -2.15. The van der Waals surface area contributed by atoms with Crippen molar-refractivity contribution in [1.82, 2.24) is 9.78 Å². The number of carbonyl (C=O) groups is 1. The lowest BCUT2D eigenvalue weighted by molar-refractivity contribution is 0.0884. The summed E-state index contributed by atoms with van der Waals surface area (Å²) in [6.07, 6.45) is 0.646. The average molecular weight is 246 g/mol. The second-order valence-corrected chi connectivity index (χ2v) is 4.32. The van der Waals surface area contributed by atoms with Crippen LogP contribution >= 0.6 is 0 Å². The third-order valence-electron chi connectivity index (χ3n) is 2.81. The summed E-state index contributed by atoms with van der Waals surface area (Å²) in [6, 6.07) is 8.36. The highest BCUT2D eigenvalue weighted by Crippen LogP contribution is 2.10. The van der Waals surface area contributed by atoms with Crippen LogP contribution in [0.4, 0.5) is 4.39 Å². The highest BCUT2D eigenvalue weighted by atomic mass is 19.1. The van der Waals surface area contributed by atoms with E-state index in [-0.39, 0.29) is 18.1 Å². The summed E-state index contributed by atoms with van der Waals surface area (Å²) in [4.78, 5) is 11.9. The first-order valence-corrected chi connectivity index (χ1v) is 5.88. The van der Waals surface area contributed by atoms with E-state index in [1.807, 2.05) is 19.9 Å². The fourth-order valence-electron chi connectivity index (χ4n) is 1.93. The van der Waals surface area contributed by atoms with Crippen LogP contribution in [0, 0.1) is 19.7 Å². The largest absolute Gasteiger partial charge is 0.273 e. The molecule has 94 valence electrons. The van der Waals surface area contributed by atoms with Gasteiger partial charge in [0.2, 0.25) is 5.91 Å². The van der Waals surface area contributed by atoms with E-state index >= 15 is 0 Å². The van der Waals surface area contributed by atoms with Crippen LogP contribution in [0.2, 0.25) is 0 Å². The van der Waals surface area contributed by atoms with Gasteiger partial charge in [-0.3, -0.25) is 4.79 Å². The van der Waals surface area contributed by atoms with Gasteiger partial charge in [0, 0.05) is 12.1 Å². The Morgan fingerprint density at radius 2 is 2.06 bits per heavy atom. The topological polar surface area (TPSA) is 34.9 Å². The smallest absolute Gasteiger partial charge is 0.247 e. The van der Waals surface area contributed by atoms with Crippen molar-refractivity contribution in [2.75, 3.05) is 0 Å². The zero-order chi connectivity index (χ0) is 13.1. The Morgan fingerprint density at radius 1 is 1.33 bits per heavy atom. The molecule has 0 aliphatic carbocycles. The van der Waals surface area contributed by atoms with Crippen LogP contribution in [0.15, 0.2) is 30.3 Å². The number of aromatic nitrogens is 2. The van der Waals surface area contributed by atoms with Crippen molar-refractivity contribution in [3.05, 3.63) is 53.1 Å². The van der Waals surface area contributed by atoms with Crippen LogP contribution in [0.1, 0.15) is 28.2 Å². The van der Waals surface area contributed by atoms with E-state index in [9.17, 15) is 9.18 Å². The number of rotatable bonds is 3. The minimum atomic E-state index is -0.265. The maximum atomic E-state index is 13.4. The lowest BCUT2D eigenvalue weighted by atomic mass is 10.1. The summed E-state index contributed by atoms with van der Waals surface area (Å²) in [7, 11) is 0. The summed E-state index contributed by atoms with van der Waals surface area (Å²) in [5.74, 6) is -0.373. The molecule has 0 bridgehead atoms. The number of nitrogens with zero attached hydrogens (tertiary/aromatic N) is 2. The molecule has 1 heterocycles. The van der Waals surface area contributed by atoms with Crippen molar-refractivity contribution in [3.8, 4) is 0 Å². The highest BCUT2D eigenvalue weighted by Gasteiger charge is 2.11. The van der Waals surface area contributed by atoms with Gasteiger partial charge in [-0.1, -0.05) is 18.2 Å². The maximum Gasteiger partial charge on any atom is 0.247 e. The van der Waals surface area contributed by atoms with Gasteiger partial charge in [-0.25, -0.2) is 9.07 Å². The molecule has 2 aromatic rings. The van der Waals surface area contributed by atoms with Gasteiger partial charge in [-0.2, -0.15) is 5.10 Å². The molecule has 2 rings (SSSR count). The molecule has 18 heavy (non-hydrogen) atoms. The summed E-state index contributed by atoms with van der Waals surface area (Å²) in [6.45, 7) is 3.68. The van der Waals surface area contributed by atoms with Gasteiger partial charge in [0.05, 0.1) is 5.69 Å². The predicted octanol–water partition coefficient (Wildman–Crippen LogP) is 2.91. The molecule has 0 saturated heterocycles. The molecule has 0 unspecified atom stereocenters. The minimum absolute atomic E-state index is 0.108. The van der Waals surface area contributed by atoms with Gasteiger partial charge >= 0.3 is 0 Å². The molecule has 0 amide bonds. The van der Waals surface area contributed by atoms with Gasteiger partial charge < -0.3 is 0 Å². The predicted molar refractivity (Wildman–Crippen MR) is 67.0 cm³/mol. The summed E-state index contributed by atoms with van der Waals surface area (Å²) < 4.78 is 14.8. The fourth-order valence-corrected chi connectivity index (χ4v) is 1.93. The quantitative estimate of drug-likeness (QED) is 0.834. The van der Waals surface area contributed by atoms with E-state index in [0.717, 1.165) is 11.4 Å². The number of hydrogen-bond acceptors (Lipinski definition) is 2. The summed E-state index contributed by atoms with van der Waals surface area (Å²) in [5, 5.41) is 4.12. The Bertz CT molecular complexity index is 575. The molecule has 0 aliphatic heterocycles. The third kappa shape index (κ3) is 2.64. The standard InChI is InChI=1S/C14H15FN2O/c1-10-9-11(2)17(16-10)14(18)8-7-12-5-3-4-6-13(12)15/h3-6,9H,7-8H2,1-2H3. The molecule has 4 heteroatoms. The van der Waals surface area contributed by atoms with E-state index < -0.39 is 0 Å². The van der Waals surface area contributed by atoms with Crippen LogP contribution in [0.5, 0.6) is 0 Å². The molecule has 0 N–H and O–H groups in total. The molecule has 1 aromatic carbocycles. The van der Waals surface area contributed by atoms with Crippen molar-refractivity contribution in [1.29, 1.82) is 0 Å². The zero-order valence-electron chi connectivity index (χ0n) is 10.5. The SMILES string of the molecule is Cc1cc(C)n(C(=O)CCc2ccccc2F)n1. The number of halogens is 1. The van der Waals surface area contributed by atoms with Crippen LogP contribution in [0.3, 0.4) is 0 Å². The van der Waals surface area contributed by atoms with Crippen LogP contribution in [-0.2, 0) is 6.42 Å². The molecule has 0 fully saturated rings. The Labute approximate surface area is 105 Å². The molecular formula is C14H15FN2O. The highest BCUT2D eigenvalue weighted by molar-refractivity contribution is 5.78. The Kier molecular flexibility index (Phi) is 3.55. The first kappa shape index (κ1) is 12.5. The molecule has 1 aromatic heterocycles. The molecule has 0 atom stereocenters. The second kappa shape index (κ2) is 5.12. The van der Waals surface area contributed by atoms with Gasteiger partial charge in [0.25, 0.3) is 0 Å². The van der Waals surface area contributed by atoms with E-state index in [1.54, 1.807) is 18.2 Å². The molecule has 0 aliphatic rings. The summed E-state index contributed by atoms with van der Waals surface area (Å²) in [5.41, 5.74) is 2.19. The number of hydrogen-bond donors (Lipinski definition) is 0. The molecule has 3 nitrogen and oxygen atoms in total. The molecule has 0 radical (unpaired) electrons. The summed E-state index contributed by atoms with van der Waals surface area (Å²) >= 11 is 0. The van der Waals surface area contributed by atoms with E-state index in [1.165, 1.54) is 10.7 Å². The molecular weight excluding hydrogens is 231 g/mol. The van der Waals surface area contributed by atoms with Gasteiger partial charge in [0.1, 0.15) is 5.82 Å². The number of carbonyl (C=O) groups excluding carboxylic acids is 1. The number of aryl methyl sites for hydroxylation is 3. The van der Waals surface area contributed by atoms with E-state index in [4.69, 9.17) is 0 Å².